The van der Waals surface area contributed by atoms with Crippen molar-refractivity contribution in [2.45, 2.75) is 115 Å². The Labute approximate surface area is 354 Å². The summed E-state index contributed by atoms with van der Waals surface area (Å²) in [7, 11) is 0. The van der Waals surface area contributed by atoms with Crippen molar-refractivity contribution >= 4 is 11.1 Å². The Kier molecular flexibility index (Phi) is 10.0. The van der Waals surface area contributed by atoms with Crippen LogP contribution in [0, 0.1) is 23.7 Å². The van der Waals surface area contributed by atoms with E-state index in [1.165, 1.54) is 91.5 Å². The van der Waals surface area contributed by atoms with Crippen molar-refractivity contribution in [3.05, 3.63) is 201 Å². The predicted octanol–water partition coefficient (Wildman–Crippen LogP) is 15.1. The maximum absolute atomic E-state index is 2.75. The van der Waals surface area contributed by atoms with E-state index in [1.54, 1.807) is 39.0 Å². The van der Waals surface area contributed by atoms with Crippen molar-refractivity contribution < 1.29 is 0 Å². The van der Waals surface area contributed by atoms with Crippen LogP contribution in [-0.2, 0) is 0 Å². The van der Waals surface area contributed by atoms with E-state index in [1.807, 2.05) is 0 Å². The third-order valence-electron chi connectivity index (χ3n) is 15.5. The molecule has 0 N–H and O–H groups in total. The first-order chi connectivity index (χ1) is 29.2. The normalized spacial score (nSPS) is 30.8. The lowest BCUT2D eigenvalue weighted by Gasteiger charge is -2.36. The van der Waals surface area contributed by atoms with E-state index in [0.717, 1.165) is 32.1 Å². The van der Waals surface area contributed by atoms with Gasteiger partial charge in [0.2, 0.25) is 0 Å². The number of hydrogen-bond donors (Lipinski definition) is 0. The monoisotopic (exact) mass is 771 g/mol. The summed E-state index contributed by atoms with van der Waals surface area (Å²) in [4.78, 5) is 2.75. The number of nitrogens with zero attached hydrogens (tertiary/aromatic N) is 1. The molecule has 8 aliphatic carbocycles. The van der Waals surface area contributed by atoms with E-state index in [-0.39, 0.29) is 0 Å². The third-order valence-corrected chi connectivity index (χ3v) is 15.5. The zero-order valence-corrected chi connectivity index (χ0v) is 35.2. The smallest absolute Gasteiger partial charge is 0.0519 e. The van der Waals surface area contributed by atoms with Crippen LogP contribution in [-0.4, -0.2) is 10.9 Å². The molecule has 0 radical (unpaired) electrons. The van der Waals surface area contributed by atoms with Crippen LogP contribution >= 0.6 is 0 Å². The second-order valence-electron chi connectivity index (χ2n) is 19.1. The van der Waals surface area contributed by atoms with Crippen LogP contribution in [0.5, 0.6) is 0 Å². The lowest BCUT2D eigenvalue weighted by molar-refractivity contribution is 0.327. The van der Waals surface area contributed by atoms with Crippen LogP contribution < -0.4 is 0 Å². The SMILES string of the molecule is CC1CC(C[C@@H]2C3=C(CCC=C3)c3cc(C4=CC=C5C(C4)C4=C(C=CCC4)N5C4C=CC(C5=CCCC=C5)CC4)ccc32)=CC(C2CC=CCC2)=CC1c1ccccc1. The van der Waals surface area contributed by atoms with Crippen molar-refractivity contribution in [3.8, 4) is 0 Å². The van der Waals surface area contributed by atoms with E-state index in [2.05, 4.69) is 151 Å². The highest BCUT2D eigenvalue weighted by Gasteiger charge is 2.41. The molecule has 0 saturated carbocycles. The summed E-state index contributed by atoms with van der Waals surface area (Å²) in [5.41, 5.74) is 20.3. The Morgan fingerprint density at radius 3 is 2.49 bits per heavy atom. The minimum absolute atomic E-state index is 0.440. The summed E-state index contributed by atoms with van der Waals surface area (Å²) in [5, 5.41) is 0. The van der Waals surface area contributed by atoms with Gasteiger partial charge in [0.05, 0.1) is 6.04 Å². The van der Waals surface area contributed by atoms with Gasteiger partial charge in [-0.3, -0.25) is 0 Å². The Morgan fingerprint density at radius 1 is 0.746 bits per heavy atom. The molecule has 59 heavy (non-hydrogen) atoms. The fourth-order valence-electron chi connectivity index (χ4n) is 12.5. The van der Waals surface area contributed by atoms with E-state index >= 15 is 0 Å². The quantitative estimate of drug-likeness (QED) is 0.253. The summed E-state index contributed by atoms with van der Waals surface area (Å²) >= 11 is 0. The molecule has 0 fully saturated rings. The van der Waals surface area contributed by atoms with Gasteiger partial charge in [-0.25, -0.2) is 0 Å². The van der Waals surface area contributed by atoms with Crippen molar-refractivity contribution in [3.63, 3.8) is 0 Å². The van der Waals surface area contributed by atoms with Crippen molar-refractivity contribution in [1.29, 1.82) is 0 Å². The van der Waals surface area contributed by atoms with E-state index in [4.69, 9.17) is 0 Å². The van der Waals surface area contributed by atoms with Gasteiger partial charge in [-0.15, -0.1) is 0 Å². The molecule has 2 aromatic rings. The van der Waals surface area contributed by atoms with Crippen LogP contribution in [0.3, 0.4) is 0 Å². The van der Waals surface area contributed by atoms with Gasteiger partial charge in [-0.1, -0.05) is 134 Å². The molecule has 2 aromatic carbocycles. The van der Waals surface area contributed by atoms with E-state index < -0.39 is 0 Å². The predicted molar refractivity (Wildman–Crippen MR) is 248 cm³/mol. The van der Waals surface area contributed by atoms with Crippen LogP contribution in [0.1, 0.15) is 131 Å². The first kappa shape index (κ1) is 37.1. The maximum Gasteiger partial charge on any atom is 0.0519 e. The van der Waals surface area contributed by atoms with Crippen LogP contribution in [0.2, 0.25) is 0 Å². The summed E-state index contributed by atoms with van der Waals surface area (Å²) in [6, 6.07) is 19.4. The van der Waals surface area contributed by atoms with Gasteiger partial charge >= 0.3 is 0 Å². The molecular weight excluding hydrogens is 711 g/mol. The molecule has 0 aromatic heterocycles. The topological polar surface area (TPSA) is 3.24 Å². The van der Waals surface area contributed by atoms with Crippen LogP contribution in [0.15, 0.2) is 179 Å². The van der Waals surface area contributed by atoms with Gasteiger partial charge in [-0.05, 0) is 176 Å². The molecule has 1 nitrogen and oxygen atoms in total. The molecule has 9 aliphatic rings. The Bertz CT molecular complexity index is 2390. The summed E-state index contributed by atoms with van der Waals surface area (Å²) in [6.45, 7) is 2.50. The molecule has 1 heterocycles. The fourth-order valence-corrected chi connectivity index (χ4v) is 12.5. The van der Waals surface area contributed by atoms with Gasteiger partial charge in [0.25, 0.3) is 0 Å². The first-order valence-corrected chi connectivity index (χ1v) is 23.5. The fraction of sp³-hybridized carbons (Fsp3) is 0.379. The van der Waals surface area contributed by atoms with Crippen molar-refractivity contribution in [1.82, 2.24) is 4.90 Å². The number of rotatable bonds is 7. The summed E-state index contributed by atoms with van der Waals surface area (Å²) in [5.74, 6) is 3.16. The molecule has 298 valence electrons. The molecule has 1 aliphatic heterocycles. The van der Waals surface area contributed by atoms with Crippen LogP contribution in [0.4, 0.5) is 0 Å². The second kappa shape index (κ2) is 15.9. The van der Waals surface area contributed by atoms with Gasteiger partial charge in [-0.2, -0.15) is 0 Å². The van der Waals surface area contributed by atoms with Crippen molar-refractivity contribution in [2.24, 2.45) is 23.7 Å². The van der Waals surface area contributed by atoms with Crippen LogP contribution in [0.25, 0.3) is 11.1 Å². The third kappa shape index (κ3) is 6.97. The largest absolute Gasteiger partial charge is 0.338 e. The maximum atomic E-state index is 2.75. The highest BCUT2D eigenvalue weighted by atomic mass is 15.2. The standard InChI is InChI=1S/C58H61N/c1-39-33-40(34-47(42-17-7-3-8-18-42)38-53(39)44-19-9-4-10-20-44)35-54-49-21-11-12-22-50(49)55-36-45(27-31-51(54)55)46-28-32-58-56(37-46)52-23-13-14-24-57(52)59(58)48-29-25-43(26-30-48)41-15-5-2-6-16-41/h3-5,7,9-11,14-16,19-21,24-25,27-29,31-32,34,36,38-39,42-43,48,53-54,56H,2,6,8,12-13,17-18,22-23,26,30,33,35,37H2,1H3/t39?,42?,43?,48?,53?,54-,56?/m1/s1. The average Bonchev–Trinajstić information content (AvgIpc) is 3.73. The van der Waals surface area contributed by atoms with Gasteiger partial charge in [0.1, 0.15) is 0 Å². The molecule has 0 saturated heterocycles. The minimum Gasteiger partial charge on any atom is -0.338 e. The Hall–Kier alpha value is -4.88. The lowest BCUT2D eigenvalue weighted by Crippen LogP contribution is -2.33. The zero-order valence-electron chi connectivity index (χ0n) is 35.2. The first-order valence-electron chi connectivity index (χ1n) is 23.5. The molecule has 0 amide bonds. The van der Waals surface area contributed by atoms with E-state index in [0.29, 0.717) is 41.5 Å². The number of hydrogen-bond acceptors (Lipinski definition) is 1. The molecule has 11 rings (SSSR count). The summed E-state index contributed by atoms with van der Waals surface area (Å²) in [6.07, 6.45) is 53.9. The van der Waals surface area contributed by atoms with Gasteiger partial charge < -0.3 is 4.90 Å². The number of allylic oxidation sites excluding steroid dienone is 21. The minimum atomic E-state index is 0.440. The van der Waals surface area contributed by atoms with Crippen molar-refractivity contribution in [2.75, 3.05) is 0 Å². The molecule has 0 spiro atoms. The molecule has 0 bridgehead atoms. The highest BCUT2D eigenvalue weighted by Crippen LogP contribution is 2.54. The highest BCUT2D eigenvalue weighted by molar-refractivity contribution is 5.84. The molecular formula is C58H61N. The molecule has 1 heteroatoms. The zero-order chi connectivity index (χ0) is 39.3. The average molecular weight is 772 g/mol. The summed E-state index contributed by atoms with van der Waals surface area (Å²) < 4.78 is 0. The number of fused-ring (bicyclic) bond motifs is 4. The molecule has 7 atom stereocenters. The van der Waals surface area contributed by atoms with E-state index in [9.17, 15) is 0 Å². The van der Waals surface area contributed by atoms with Gasteiger partial charge in [0.15, 0.2) is 0 Å². The Balaban J connectivity index is 0.883. The molecule has 6 unspecified atom stereocenters. The van der Waals surface area contributed by atoms with Gasteiger partial charge in [0, 0.05) is 35.1 Å². The number of benzene rings is 2. The Morgan fingerprint density at radius 2 is 1.64 bits per heavy atom. The lowest BCUT2D eigenvalue weighted by atomic mass is 9.80. The second-order valence-corrected chi connectivity index (χ2v) is 19.1.